The van der Waals surface area contributed by atoms with E-state index in [4.69, 9.17) is 22.7 Å². The number of methoxy groups -OCH3 is 1. The first kappa shape index (κ1) is 16.3. The molecule has 1 aromatic heterocycles. The smallest absolute Gasteiger partial charge is 0.242 e. The van der Waals surface area contributed by atoms with E-state index in [0.717, 1.165) is 19.3 Å². The molecule has 0 radical (unpaired) electrons. The molecule has 2 rings (SSSR count). The maximum absolute atomic E-state index is 12.4. The fourth-order valence-corrected chi connectivity index (χ4v) is 3.68. The monoisotopic (exact) mass is 329 g/mol. The van der Waals surface area contributed by atoms with Crippen molar-refractivity contribution in [2.75, 3.05) is 20.3 Å². The van der Waals surface area contributed by atoms with E-state index < -0.39 is 10.0 Å². The molecular weight excluding hydrogens is 310 g/mol. The molecule has 0 unspecified atom stereocenters. The summed E-state index contributed by atoms with van der Waals surface area (Å²) >= 11 is 4.85. The minimum absolute atomic E-state index is 0.0225. The highest BCUT2D eigenvalue weighted by Gasteiger charge is 2.42. The number of nitrogens with zero attached hydrogens (tertiary/aromatic N) is 1. The van der Waals surface area contributed by atoms with Crippen molar-refractivity contribution in [3.8, 4) is 0 Å². The summed E-state index contributed by atoms with van der Waals surface area (Å²) in [6.07, 6.45) is 4.33. The molecule has 0 bridgehead atoms. The number of hydrogen-bond donors (Lipinski definition) is 2. The lowest BCUT2D eigenvalue weighted by Crippen LogP contribution is -2.32. The molecule has 1 fully saturated rings. The number of pyridine rings is 1. The van der Waals surface area contributed by atoms with Gasteiger partial charge in [0.2, 0.25) is 10.0 Å². The van der Waals surface area contributed by atoms with Crippen LogP contribution in [0.4, 0.5) is 0 Å². The van der Waals surface area contributed by atoms with E-state index in [9.17, 15) is 8.42 Å². The van der Waals surface area contributed by atoms with Crippen molar-refractivity contribution in [3.05, 3.63) is 24.0 Å². The Balaban J connectivity index is 2.11. The second-order valence-electron chi connectivity index (χ2n) is 5.28. The van der Waals surface area contributed by atoms with Crippen LogP contribution in [0.5, 0.6) is 0 Å². The summed E-state index contributed by atoms with van der Waals surface area (Å²) in [5, 5.41) is 0. The average molecular weight is 329 g/mol. The van der Waals surface area contributed by atoms with E-state index >= 15 is 0 Å². The summed E-state index contributed by atoms with van der Waals surface area (Å²) in [4.78, 5) is 3.95. The van der Waals surface area contributed by atoms with E-state index in [2.05, 4.69) is 9.71 Å². The number of ether oxygens (including phenoxy) is 1. The molecule has 0 aromatic carbocycles. The number of nitrogens with one attached hydrogen (secondary N) is 1. The predicted molar refractivity (Wildman–Crippen MR) is 83.5 cm³/mol. The highest BCUT2D eigenvalue weighted by molar-refractivity contribution is 7.89. The molecule has 8 heteroatoms. The second-order valence-corrected chi connectivity index (χ2v) is 7.46. The van der Waals surface area contributed by atoms with E-state index in [1.54, 1.807) is 13.2 Å². The van der Waals surface area contributed by atoms with Gasteiger partial charge in [-0.25, -0.2) is 13.1 Å². The summed E-state index contributed by atoms with van der Waals surface area (Å²) in [5.74, 6) is 0. The van der Waals surface area contributed by atoms with Crippen LogP contribution in [0.15, 0.2) is 23.2 Å². The van der Waals surface area contributed by atoms with Gasteiger partial charge >= 0.3 is 0 Å². The third-order valence-electron chi connectivity index (χ3n) is 3.72. The van der Waals surface area contributed by atoms with Crippen molar-refractivity contribution in [2.45, 2.75) is 24.2 Å². The fraction of sp³-hybridized carbons (Fsp3) is 0.538. The average Bonchev–Trinajstić information content (AvgIpc) is 3.24. The minimum Gasteiger partial charge on any atom is -0.388 e. The zero-order valence-corrected chi connectivity index (χ0v) is 13.5. The predicted octanol–water partition coefficient (Wildman–Crippen LogP) is 0.811. The van der Waals surface area contributed by atoms with Crippen LogP contribution < -0.4 is 10.5 Å². The zero-order chi connectivity index (χ0) is 15.5. The van der Waals surface area contributed by atoms with Gasteiger partial charge in [-0.3, -0.25) is 4.98 Å². The van der Waals surface area contributed by atoms with Gasteiger partial charge in [-0.2, -0.15) is 0 Å². The van der Waals surface area contributed by atoms with Crippen molar-refractivity contribution in [3.63, 3.8) is 0 Å². The van der Waals surface area contributed by atoms with Crippen LogP contribution in [0.3, 0.4) is 0 Å². The number of aromatic nitrogens is 1. The molecule has 0 atom stereocenters. The third kappa shape index (κ3) is 3.97. The van der Waals surface area contributed by atoms with Crippen LogP contribution in [-0.4, -0.2) is 38.7 Å². The van der Waals surface area contributed by atoms with E-state index in [0.29, 0.717) is 13.2 Å². The highest BCUT2D eigenvalue weighted by Crippen LogP contribution is 2.48. The zero-order valence-electron chi connectivity index (χ0n) is 11.8. The van der Waals surface area contributed by atoms with Crippen LogP contribution in [-0.2, 0) is 14.8 Å². The number of hydrogen-bond acceptors (Lipinski definition) is 5. The Morgan fingerprint density at radius 2 is 2.29 bits per heavy atom. The van der Waals surface area contributed by atoms with Gasteiger partial charge in [-0.05, 0) is 36.8 Å². The van der Waals surface area contributed by atoms with Crippen molar-refractivity contribution in [2.24, 2.45) is 11.1 Å². The van der Waals surface area contributed by atoms with Crippen LogP contribution >= 0.6 is 12.2 Å². The van der Waals surface area contributed by atoms with Gasteiger partial charge in [-0.1, -0.05) is 12.2 Å². The Morgan fingerprint density at radius 1 is 1.57 bits per heavy atom. The van der Waals surface area contributed by atoms with Gasteiger partial charge in [0.25, 0.3) is 0 Å². The normalized spacial score (nSPS) is 16.6. The molecule has 116 valence electrons. The van der Waals surface area contributed by atoms with E-state index in [-0.39, 0.29) is 21.0 Å². The molecule has 0 amide bonds. The Bertz CT molecular complexity index is 627. The maximum atomic E-state index is 12.4. The molecule has 3 N–H and O–H groups in total. The molecule has 0 spiro atoms. The third-order valence-corrected chi connectivity index (χ3v) is 5.35. The summed E-state index contributed by atoms with van der Waals surface area (Å²) in [5.41, 5.74) is 5.68. The van der Waals surface area contributed by atoms with Crippen molar-refractivity contribution in [1.29, 1.82) is 0 Å². The first-order valence-corrected chi connectivity index (χ1v) is 8.53. The van der Waals surface area contributed by atoms with E-state index in [1.165, 1.54) is 12.3 Å². The highest BCUT2D eigenvalue weighted by atomic mass is 32.2. The minimum atomic E-state index is -3.67. The molecule has 1 saturated carbocycles. The lowest BCUT2D eigenvalue weighted by atomic mass is 10.0. The molecule has 1 aromatic rings. The van der Waals surface area contributed by atoms with Crippen LogP contribution in [0, 0.1) is 5.41 Å². The Labute approximate surface area is 130 Å². The summed E-state index contributed by atoms with van der Waals surface area (Å²) < 4.78 is 32.5. The van der Waals surface area contributed by atoms with Gasteiger partial charge in [-0.15, -0.1) is 0 Å². The molecular formula is C13H19N3O3S2. The van der Waals surface area contributed by atoms with Gasteiger partial charge in [0.1, 0.15) is 15.6 Å². The van der Waals surface area contributed by atoms with Crippen LogP contribution in [0.1, 0.15) is 25.0 Å². The topological polar surface area (TPSA) is 94.3 Å². The molecule has 0 saturated heterocycles. The Morgan fingerprint density at radius 3 is 2.86 bits per heavy atom. The molecule has 1 aliphatic rings. The largest absolute Gasteiger partial charge is 0.388 e. The van der Waals surface area contributed by atoms with E-state index in [1.807, 2.05) is 0 Å². The molecule has 21 heavy (non-hydrogen) atoms. The second kappa shape index (κ2) is 6.35. The van der Waals surface area contributed by atoms with Gasteiger partial charge < -0.3 is 10.5 Å². The summed E-state index contributed by atoms with van der Waals surface area (Å²) in [6, 6.07) is 3.01. The lowest BCUT2D eigenvalue weighted by Gasteiger charge is -2.16. The Hall–Kier alpha value is -1.09. The molecule has 6 nitrogen and oxygen atoms in total. The maximum Gasteiger partial charge on any atom is 0.242 e. The lowest BCUT2D eigenvalue weighted by molar-refractivity contribution is 0.173. The first-order valence-electron chi connectivity index (χ1n) is 6.64. The van der Waals surface area contributed by atoms with Gasteiger partial charge in [0, 0.05) is 26.5 Å². The van der Waals surface area contributed by atoms with Gasteiger partial charge in [0.05, 0.1) is 0 Å². The van der Waals surface area contributed by atoms with Gasteiger partial charge in [0.15, 0.2) is 0 Å². The SMILES string of the molecule is COCCC1(CNS(=O)(=O)c2cccnc2C(N)=S)CC1. The quantitative estimate of drug-likeness (QED) is 0.686. The molecule has 1 aliphatic carbocycles. The summed E-state index contributed by atoms with van der Waals surface area (Å²) in [7, 11) is -2.03. The van der Waals surface area contributed by atoms with Crippen molar-refractivity contribution >= 4 is 27.2 Å². The van der Waals surface area contributed by atoms with Crippen LogP contribution in [0.2, 0.25) is 0 Å². The van der Waals surface area contributed by atoms with Crippen molar-refractivity contribution < 1.29 is 13.2 Å². The number of thiocarbonyl (C=S) groups is 1. The fourth-order valence-electron chi connectivity index (χ4n) is 2.13. The standard InChI is InChI=1S/C13H19N3O3S2/c1-19-8-6-13(4-5-13)9-16-21(17,18)10-3-2-7-15-11(10)12(14)20/h2-3,7,16H,4-6,8-9H2,1H3,(H2,14,20). The number of sulfonamides is 1. The molecule has 1 heterocycles. The summed E-state index contributed by atoms with van der Waals surface area (Å²) in [6.45, 7) is 1.02. The van der Waals surface area contributed by atoms with Crippen molar-refractivity contribution in [1.82, 2.24) is 9.71 Å². The number of rotatable bonds is 8. The number of nitrogens with two attached hydrogens (primary N) is 1. The first-order chi connectivity index (χ1) is 9.90. The van der Waals surface area contributed by atoms with Crippen LogP contribution in [0.25, 0.3) is 0 Å². The Kier molecular flexibility index (Phi) is 4.92. The molecule has 0 aliphatic heterocycles.